The van der Waals surface area contributed by atoms with Crippen LogP contribution >= 0.6 is 0 Å². The van der Waals surface area contributed by atoms with E-state index in [2.05, 4.69) is 9.72 Å². The maximum absolute atomic E-state index is 12.1. The number of benzene rings is 1. The minimum atomic E-state index is -4.50. The van der Waals surface area contributed by atoms with Crippen LogP contribution < -0.4 is 10.5 Å². The number of alkyl halides is 3. The first-order valence-electron chi connectivity index (χ1n) is 6.97. The molecule has 1 atom stereocenters. The number of halogens is 3. The number of pyridine rings is 1. The second kappa shape index (κ2) is 7.65. The highest BCUT2D eigenvalue weighted by Crippen LogP contribution is 2.20. The van der Waals surface area contributed by atoms with Crippen LogP contribution in [0.15, 0.2) is 48.7 Å². The Labute approximate surface area is 140 Å². The van der Waals surface area contributed by atoms with Crippen LogP contribution in [0.1, 0.15) is 22.0 Å². The van der Waals surface area contributed by atoms with E-state index in [1.807, 2.05) is 0 Å². The van der Waals surface area contributed by atoms with Crippen LogP contribution in [0, 0.1) is 0 Å². The van der Waals surface area contributed by atoms with Crippen LogP contribution in [-0.2, 0) is 9.53 Å². The van der Waals surface area contributed by atoms with E-state index in [0.717, 1.165) is 12.3 Å². The summed E-state index contributed by atoms with van der Waals surface area (Å²) >= 11 is 0. The zero-order valence-electron chi connectivity index (χ0n) is 12.7. The van der Waals surface area contributed by atoms with Crippen molar-refractivity contribution < 1.29 is 32.2 Å². The van der Waals surface area contributed by atoms with Gasteiger partial charge >= 0.3 is 12.1 Å². The summed E-state index contributed by atoms with van der Waals surface area (Å²) in [6.07, 6.45) is -4.81. The van der Waals surface area contributed by atoms with Gasteiger partial charge in [-0.2, -0.15) is 13.2 Å². The first-order chi connectivity index (χ1) is 11.8. The summed E-state index contributed by atoms with van der Waals surface area (Å²) in [6.45, 7) is -1.50. The van der Waals surface area contributed by atoms with Gasteiger partial charge < -0.3 is 15.2 Å². The van der Waals surface area contributed by atoms with Gasteiger partial charge in [0.05, 0.1) is 5.56 Å². The molecule has 2 aromatic rings. The third-order valence-corrected chi connectivity index (χ3v) is 2.94. The Bertz CT molecular complexity index is 733. The van der Waals surface area contributed by atoms with E-state index in [1.165, 1.54) is 6.07 Å². The van der Waals surface area contributed by atoms with Crippen molar-refractivity contribution in [2.45, 2.75) is 12.3 Å². The Morgan fingerprint density at radius 1 is 1.12 bits per heavy atom. The summed E-state index contributed by atoms with van der Waals surface area (Å²) in [5, 5.41) is 0. The van der Waals surface area contributed by atoms with Gasteiger partial charge in [-0.1, -0.05) is 30.3 Å². The highest BCUT2D eigenvalue weighted by atomic mass is 19.4. The van der Waals surface area contributed by atoms with Crippen molar-refractivity contribution in [3.05, 3.63) is 59.8 Å². The fraction of sp³-hybridized carbons (Fsp3) is 0.188. The van der Waals surface area contributed by atoms with Crippen LogP contribution in [0.4, 0.5) is 13.2 Å². The quantitative estimate of drug-likeness (QED) is 0.805. The van der Waals surface area contributed by atoms with E-state index < -0.39 is 30.8 Å². The molecule has 0 fully saturated rings. The molecule has 0 spiro atoms. The number of aromatic nitrogens is 1. The fourth-order valence-electron chi connectivity index (χ4n) is 1.84. The first kappa shape index (κ1) is 18.2. The number of rotatable bonds is 6. The number of carbonyl (C=O) groups is 2. The van der Waals surface area contributed by atoms with Crippen molar-refractivity contribution in [1.82, 2.24) is 4.98 Å². The number of carbonyl (C=O) groups excluding carboxylic acids is 2. The molecular formula is C16H13F3N2O4. The second-order valence-corrected chi connectivity index (χ2v) is 4.89. The van der Waals surface area contributed by atoms with Crippen molar-refractivity contribution in [3.63, 3.8) is 0 Å². The molecule has 2 N–H and O–H groups in total. The molecule has 0 saturated carbocycles. The number of hydrogen-bond donors (Lipinski definition) is 1. The van der Waals surface area contributed by atoms with Gasteiger partial charge in [-0.25, -0.2) is 9.78 Å². The monoisotopic (exact) mass is 354 g/mol. The average molecular weight is 354 g/mol. The smallest absolute Gasteiger partial charge is 0.422 e. The highest BCUT2D eigenvalue weighted by Gasteiger charge is 2.29. The summed E-state index contributed by atoms with van der Waals surface area (Å²) in [4.78, 5) is 27.2. The average Bonchev–Trinajstić information content (AvgIpc) is 2.58. The van der Waals surface area contributed by atoms with E-state index in [9.17, 15) is 22.8 Å². The second-order valence-electron chi connectivity index (χ2n) is 4.89. The van der Waals surface area contributed by atoms with Gasteiger partial charge in [-0.05, 0) is 6.07 Å². The summed E-state index contributed by atoms with van der Waals surface area (Å²) in [5.74, 6) is -2.07. The summed E-state index contributed by atoms with van der Waals surface area (Å²) in [5.41, 5.74) is 5.56. The number of amides is 1. The molecule has 0 radical (unpaired) electrons. The largest absolute Gasteiger partial charge is 0.468 e. The van der Waals surface area contributed by atoms with Gasteiger partial charge in [0.1, 0.15) is 0 Å². The topological polar surface area (TPSA) is 91.5 Å². The zero-order valence-corrected chi connectivity index (χ0v) is 12.7. The Hall–Kier alpha value is -3.10. The Morgan fingerprint density at radius 3 is 2.32 bits per heavy atom. The van der Waals surface area contributed by atoms with Crippen LogP contribution in [-0.4, -0.2) is 29.6 Å². The van der Waals surface area contributed by atoms with Crippen molar-refractivity contribution in [3.8, 4) is 5.88 Å². The SMILES string of the molecule is NC(=O)C(OC(=O)c1ccc(OCC(F)(F)F)nc1)c1ccccc1. The molecule has 1 aromatic carbocycles. The lowest BCUT2D eigenvalue weighted by Crippen LogP contribution is -2.26. The molecule has 1 aromatic heterocycles. The van der Waals surface area contributed by atoms with E-state index >= 15 is 0 Å². The van der Waals surface area contributed by atoms with E-state index in [4.69, 9.17) is 10.5 Å². The maximum atomic E-state index is 12.1. The molecule has 0 saturated heterocycles. The molecule has 132 valence electrons. The van der Waals surface area contributed by atoms with Gasteiger partial charge in [0.2, 0.25) is 12.0 Å². The molecule has 25 heavy (non-hydrogen) atoms. The lowest BCUT2D eigenvalue weighted by Gasteiger charge is -2.15. The minimum Gasteiger partial charge on any atom is -0.468 e. The Balaban J connectivity index is 2.05. The van der Waals surface area contributed by atoms with Crippen LogP contribution in [0.25, 0.3) is 0 Å². The molecule has 0 aliphatic heterocycles. The Kier molecular flexibility index (Phi) is 5.58. The number of ether oxygens (including phenoxy) is 2. The standard InChI is InChI=1S/C16H13F3N2O4/c17-16(18,19)9-24-12-7-6-11(8-21-12)15(23)25-13(14(20)22)10-4-2-1-3-5-10/h1-8,13H,9H2,(H2,20,22). The summed E-state index contributed by atoms with van der Waals surface area (Å²) in [7, 11) is 0. The summed E-state index contributed by atoms with van der Waals surface area (Å²) in [6, 6.07) is 10.4. The van der Waals surface area contributed by atoms with Gasteiger partial charge in [-0.15, -0.1) is 0 Å². The van der Waals surface area contributed by atoms with Crippen molar-refractivity contribution in [1.29, 1.82) is 0 Å². The Morgan fingerprint density at radius 2 is 1.80 bits per heavy atom. The van der Waals surface area contributed by atoms with E-state index in [0.29, 0.717) is 5.56 Å². The number of esters is 1. The molecule has 9 heteroatoms. The fourth-order valence-corrected chi connectivity index (χ4v) is 1.84. The van der Waals surface area contributed by atoms with Gasteiger partial charge in [0, 0.05) is 17.8 Å². The summed E-state index contributed by atoms with van der Waals surface area (Å²) < 4.78 is 45.7. The van der Waals surface area contributed by atoms with Gasteiger partial charge in [-0.3, -0.25) is 4.79 Å². The molecule has 1 heterocycles. The van der Waals surface area contributed by atoms with E-state index in [-0.39, 0.29) is 11.4 Å². The third kappa shape index (κ3) is 5.48. The number of hydrogen-bond acceptors (Lipinski definition) is 5. The lowest BCUT2D eigenvalue weighted by molar-refractivity contribution is -0.154. The lowest BCUT2D eigenvalue weighted by atomic mass is 10.1. The number of nitrogens with zero attached hydrogens (tertiary/aromatic N) is 1. The molecule has 6 nitrogen and oxygen atoms in total. The predicted molar refractivity (Wildman–Crippen MR) is 79.6 cm³/mol. The molecule has 1 amide bonds. The molecular weight excluding hydrogens is 341 g/mol. The van der Waals surface area contributed by atoms with Crippen molar-refractivity contribution >= 4 is 11.9 Å². The van der Waals surface area contributed by atoms with Gasteiger partial charge in [0.15, 0.2) is 6.61 Å². The highest BCUT2D eigenvalue weighted by molar-refractivity contribution is 5.92. The van der Waals surface area contributed by atoms with Crippen molar-refractivity contribution in [2.24, 2.45) is 5.73 Å². The molecule has 0 bridgehead atoms. The zero-order chi connectivity index (χ0) is 18.4. The van der Waals surface area contributed by atoms with Crippen molar-refractivity contribution in [2.75, 3.05) is 6.61 Å². The molecule has 0 aliphatic carbocycles. The minimum absolute atomic E-state index is 0.0680. The third-order valence-electron chi connectivity index (χ3n) is 2.94. The van der Waals surface area contributed by atoms with Gasteiger partial charge in [0.25, 0.3) is 5.91 Å². The van der Waals surface area contributed by atoms with Crippen LogP contribution in [0.5, 0.6) is 5.88 Å². The first-order valence-corrected chi connectivity index (χ1v) is 6.97. The molecule has 1 unspecified atom stereocenters. The number of primary amides is 1. The molecule has 0 aliphatic rings. The molecule has 2 rings (SSSR count). The van der Waals surface area contributed by atoms with E-state index in [1.54, 1.807) is 30.3 Å². The maximum Gasteiger partial charge on any atom is 0.422 e. The predicted octanol–water partition coefficient (Wildman–Crippen LogP) is 2.41. The van der Waals surface area contributed by atoms with Crippen LogP contribution in [0.2, 0.25) is 0 Å². The number of nitrogens with two attached hydrogens (primary N) is 1. The normalized spacial score (nSPS) is 12.3. The van der Waals surface area contributed by atoms with Crippen LogP contribution in [0.3, 0.4) is 0 Å².